The Balaban J connectivity index is 1.50. The van der Waals surface area contributed by atoms with Crippen LogP contribution in [0.2, 0.25) is 0 Å². The van der Waals surface area contributed by atoms with E-state index in [1.165, 1.54) is 49.9 Å². The van der Waals surface area contributed by atoms with Gasteiger partial charge in [-0.1, -0.05) is 19.9 Å². The van der Waals surface area contributed by atoms with Gasteiger partial charge in [-0.05, 0) is 75.5 Å². The van der Waals surface area contributed by atoms with E-state index in [-0.39, 0.29) is 29.7 Å². The molecule has 0 atom stereocenters. The number of carbonyl (C=O) groups is 3. The summed E-state index contributed by atoms with van der Waals surface area (Å²) in [5.41, 5.74) is 4.16. The fraction of sp³-hybridized carbons (Fsp3) is 0.692. The number of nitrogens with one attached hydrogen (secondary N) is 3. The summed E-state index contributed by atoms with van der Waals surface area (Å²) in [6.45, 7) is 9.28. The first kappa shape index (κ1) is 25.3. The van der Waals surface area contributed by atoms with Crippen LogP contribution in [-0.2, 0) is 9.59 Å². The molecule has 9 nitrogen and oxygen atoms in total. The molecule has 1 heterocycles. The van der Waals surface area contributed by atoms with Gasteiger partial charge in [0.1, 0.15) is 5.56 Å². The minimum Gasteiger partial charge on any atom is -0.477 e. The molecule has 4 fully saturated rings. The first-order valence-electron chi connectivity index (χ1n) is 12.8. The number of hydrogen-bond acceptors (Lipinski definition) is 5. The normalized spacial score (nSPS) is 27.3. The number of aromatic nitrogens is 2. The highest BCUT2D eigenvalue weighted by Gasteiger charge is 2.48. The van der Waals surface area contributed by atoms with E-state index in [4.69, 9.17) is 4.74 Å². The second kappa shape index (κ2) is 10.0. The Labute approximate surface area is 207 Å². The van der Waals surface area contributed by atoms with Gasteiger partial charge in [-0.15, -0.1) is 0 Å². The van der Waals surface area contributed by atoms with E-state index in [0.717, 1.165) is 11.8 Å². The van der Waals surface area contributed by atoms with Crippen molar-refractivity contribution in [2.75, 3.05) is 6.61 Å². The molecule has 0 aromatic carbocycles. The Morgan fingerprint density at radius 2 is 1.74 bits per heavy atom. The van der Waals surface area contributed by atoms with E-state index in [2.05, 4.69) is 21.3 Å². The molecule has 35 heavy (non-hydrogen) atoms. The van der Waals surface area contributed by atoms with Crippen molar-refractivity contribution in [1.29, 1.82) is 0 Å². The van der Waals surface area contributed by atoms with Crippen LogP contribution in [0.25, 0.3) is 6.20 Å². The molecule has 1 aromatic rings. The van der Waals surface area contributed by atoms with Crippen molar-refractivity contribution in [2.24, 2.45) is 35.0 Å². The van der Waals surface area contributed by atoms with Gasteiger partial charge in [-0.25, -0.2) is 4.68 Å². The van der Waals surface area contributed by atoms with Crippen molar-refractivity contribution >= 4 is 23.9 Å². The highest BCUT2D eigenvalue weighted by molar-refractivity contribution is 5.96. The maximum absolute atomic E-state index is 13.4. The van der Waals surface area contributed by atoms with Gasteiger partial charge in [-0.3, -0.25) is 25.2 Å². The summed E-state index contributed by atoms with van der Waals surface area (Å²) in [4.78, 5) is 37.0. The Hall–Kier alpha value is -2.84. The third kappa shape index (κ3) is 5.70. The third-order valence-electron chi connectivity index (χ3n) is 7.64. The number of carbonyl (C=O) groups excluding carboxylic acids is 3. The average molecular weight is 486 g/mol. The van der Waals surface area contributed by atoms with Crippen molar-refractivity contribution < 1.29 is 19.1 Å². The molecule has 0 spiro atoms. The summed E-state index contributed by atoms with van der Waals surface area (Å²) in [6.07, 6.45) is 11.1. The number of ether oxygens (including phenoxy) is 1. The number of amides is 3. The Morgan fingerprint density at radius 3 is 2.31 bits per heavy atom. The predicted molar refractivity (Wildman–Crippen MR) is 132 cm³/mol. The van der Waals surface area contributed by atoms with Crippen LogP contribution >= 0.6 is 0 Å². The second-order valence-corrected chi connectivity index (χ2v) is 11.6. The zero-order valence-electron chi connectivity index (χ0n) is 21.5. The van der Waals surface area contributed by atoms with Gasteiger partial charge in [0.15, 0.2) is 0 Å². The first-order chi connectivity index (χ1) is 16.5. The lowest BCUT2D eigenvalue weighted by Gasteiger charge is -2.54. The number of hydrogen-bond donors (Lipinski definition) is 3. The van der Waals surface area contributed by atoms with Gasteiger partial charge in [0.05, 0.1) is 18.2 Å². The molecule has 192 valence electrons. The van der Waals surface area contributed by atoms with E-state index in [1.807, 2.05) is 13.8 Å². The van der Waals surface area contributed by atoms with E-state index in [0.29, 0.717) is 29.9 Å². The molecular formula is C26H39N5O4. The Morgan fingerprint density at radius 1 is 1.11 bits per heavy atom. The van der Waals surface area contributed by atoms with Crippen LogP contribution in [0.1, 0.15) is 77.1 Å². The zero-order chi connectivity index (χ0) is 25.3. The Kier molecular flexibility index (Phi) is 7.24. The van der Waals surface area contributed by atoms with Crippen LogP contribution in [-0.4, -0.2) is 40.2 Å². The molecule has 4 aliphatic rings. The minimum atomic E-state index is -0.938. The van der Waals surface area contributed by atoms with Crippen molar-refractivity contribution in [3.05, 3.63) is 17.8 Å². The van der Waals surface area contributed by atoms with Gasteiger partial charge < -0.3 is 10.1 Å². The lowest BCUT2D eigenvalue weighted by molar-refractivity contribution is -0.132. The summed E-state index contributed by atoms with van der Waals surface area (Å²) in [7, 11) is 0. The van der Waals surface area contributed by atoms with Gasteiger partial charge in [-0.2, -0.15) is 5.10 Å². The van der Waals surface area contributed by atoms with Gasteiger partial charge in [0.25, 0.3) is 5.91 Å². The van der Waals surface area contributed by atoms with E-state index < -0.39 is 5.41 Å². The molecule has 9 heteroatoms. The zero-order valence-corrected chi connectivity index (χ0v) is 21.5. The number of nitrogens with zero attached hydrogens (tertiary/aromatic N) is 2. The van der Waals surface area contributed by atoms with Crippen molar-refractivity contribution in [3.63, 3.8) is 0 Å². The smallest absolute Gasteiger partial charge is 0.258 e. The molecule has 0 saturated heterocycles. The van der Waals surface area contributed by atoms with E-state index in [9.17, 15) is 14.4 Å². The molecule has 4 aliphatic carbocycles. The van der Waals surface area contributed by atoms with Crippen LogP contribution in [0, 0.1) is 35.0 Å². The highest BCUT2D eigenvalue weighted by Crippen LogP contribution is 2.53. The fourth-order valence-corrected chi connectivity index (χ4v) is 6.03. The average Bonchev–Trinajstić information content (AvgIpc) is 3.19. The molecule has 0 radical (unpaired) electrons. The van der Waals surface area contributed by atoms with Crippen molar-refractivity contribution in [1.82, 2.24) is 25.9 Å². The van der Waals surface area contributed by atoms with Crippen LogP contribution in [0.3, 0.4) is 0 Å². The van der Waals surface area contributed by atoms with Gasteiger partial charge in [0, 0.05) is 19.2 Å². The maximum Gasteiger partial charge on any atom is 0.258 e. The molecule has 3 N–H and O–H groups in total. The van der Waals surface area contributed by atoms with Crippen LogP contribution in [0.4, 0.5) is 0 Å². The second-order valence-electron chi connectivity index (χ2n) is 11.6. The minimum absolute atomic E-state index is 0.149. The van der Waals surface area contributed by atoms with Crippen molar-refractivity contribution in [2.45, 2.75) is 72.8 Å². The van der Waals surface area contributed by atoms with Gasteiger partial charge >= 0.3 is 0 Å². The topological polar surface area (TPSA) is 114 Å². The van der Waals surface area contributed by atoms with E-state index in [1.54, 1.807) is 26.1 Å². The van der Waals surface area contributed by atoms with Crippen LogP contribution < -0.4 is 20.9 Å². The largest absolute Gasteiger partial charge is 0.477 e. The maximum atomic E-state index is 13.4. The first-order valence-corrected chi connectivity index (χ1v) is 12.8. The molecule has 3 amide bonds. The van der Waals surface area contributed by atoms with Crippen LogP contribution in [0.5, 0.6) is 5.88 Å². The summed E-state index contributed by atoms with van der Waals surface area (Å²) in [6, 6.07) is 0.226. The molecule has 4 saturated carbocycles. The third-order valence-corrected chi connectivity index (χ3v) is 7.64. The number of rotatable bonds is 8. The monoisotopic (exact) mass is 485 g/mol. The molecule has 1 aromatic heterocycles. The molecule has 4 bridgehead atoms. The van der Waals surface area contributed by atoms with E-state index >= 15 is 0 Å². The summed E-state index contributed by atoms with van der Waals surface area (Å²) in [5, 5.41) is 7.72. The Bertz CT molecular complexity index is 968. The highest BCUT2D eigenvalue weighted by atomic mass is 16.5. The molecule has 0 unspecified atom stereocenters. The fourth-order valence-electron chi connectivity index (χ4n) is 6.03. The summed E-state index contributed by atoms with van der Waals surface area (Å²) in [5.74, 6) is 2.59. The summed E-state index contributed by atoms with van der Waals surface area (Å²) >= 11 is 0. The quantitative estimate of drug-likeness (QED) is 0.490. The molecule has 5 rings (SSSR count). The lowest BCUT2D eigenvalue weighted by atomic mass is 9.54. The molecule has 0 aliphatic heterocycles. The van der Waals surface area contributed by atoms with Crippen molar-refractivity contribution in [3.8, 4) is 5.88 Å². The SMILES string of the molecule is CC(=O)NNC(=O)C(C)(C)C=Cn1ncc(C(=O)NC2C3CC4CC(C3)CC2C4)c1OCC(C)C. The number of hydrazine groups is 1. The molecular weight excluding hydrogens is 446 g/mol. The lowest BCUT2D eigenvalue weighted by Crippen LogP contribution is -2.55. The van der Waals surface area contributed by atoms with Gasteiger partial charge in [0.2, 0.25) is 17.7 Å². The standard InChI is InChI=1S/C26H39N5O4/c1-15(2)14-35-24-21(13-27-31(24)7-6-26(4,5)25(34)30-29-16(3)32)23(33)28-22-19-9-17-8-18(11-19)12-20(22)10-17/h6-7,13,15,17-20,22H,8-12,14H2,1-5H3,(H,28,33)(H,29,32)(H,30,34). The summed E-state index contributed by atoms with van der Waals surface area (Å²) < 4.78 is 7.54. The predicted octanol–water partition coefficient (Wildman–Crippen LogP) is 3.14. The van der Waals surface area contributed by atoms with Crippen LogP contribution in [0.15, 0.2) is 12.3 Å².